The summed E-state index contributed by atoms with van der Waals surface area (Å²) in [5.41, 5.74) is 7.38. The van der Waals surface area contributed by atoms with E-state index >= 15 is 0 Å². The van der Waals surface area contributed by atoms with Crippen molar-refractivity contribution in [1.29, 1.82) is 0 Å². The molecule has 1 aromatic rings. The van der Waals surface area contributed by atoms with Gasteiger partial charge in [-0.1, -0.05) is 25.5 Å². The van der Waals surface area contributed by atoms with Gasteiger partial charge >= 0.3 is 0 Å². The first-order valence-corrected chi connectivity index (χ1v) is 7.71. The molecular weight excluding hydrogens is 248 g/mol. The van der Waals surface area contributed by atoms with Gasteiger partial charge in [0.05, 0.1) is 6.04 Å². The van der Waals surface area contributed by atoms with Gasteiger partial charge in [-0.05, 0) is 24.1 Å². The Bertz CT molecular complexity index is 435. The molecule has 2 atom stereocenters. The zero-order valence-corrected chi connectivity index (χ0v) is 11.6. The average Bonchev–Trinajstić information content (AvgIpc) is 2.28. The van der Waals surface area contributed by atoms with E-state index in [4.69, 9.17) is 5.73 Å². The fourth-order valence-electron chi connectivity index (χ4n) is 1.65. The van der Waals surface area contributed by atoms with Crippen molar-refractivity contribution in [3.05, 3.63) is 29.8 Å². The molecule has 3 N–H and O–H groups in total. The molecule has 100 valence electrons. The Labute approximate surface area is 110 Å². The van der Waals surface area contributed by atoms with Crippen molar-refractivity contribution in [2.75, 3.05) is 11.6 Å². The van der Waals surface area contributed by atoms with Gasteiger partial charge < -0.3 is 11.1 Å². The normalized spacial score (nSPS) is 13.9. The van der Waals surface area contributed by atoms with Crippen LogP contribution in [-0.2, 0) is 21.3 Å². The summed E-state index contributed by atoms with van der Waals surface area (Å²) in [5.74, 6) is 0.316. The molecular formula is C13H20N2O2S. The third kappa shape index (κ3) is 4.98. The fraction of sp³-hybridized carbons (Fsp3) is 0.462. The largest absolute Gasteiger partial charge is 0.325 e. The predicted octanol–water partition coefficient (Wildman–Crippen LogP) is 1.63. The maximum absolute atomic E-state index is 11.7. The van der Waals surface area contributed by atoms with Crippen LogP contribution >= 0.6 is 0 Å². The Hall–Kier alpha value is -1.20. The summed E-state index contributed by atoms with van der Waals surface area (Å²) >= 11 is 0. The second-order valence-electron chi connectivity index (χ2n) is 4.30. The zero-order chi connectivity index (χ0) is 13.5. The minimum Gasteiger partial charge on any atom is -0.325 e. The molecule has 18 heavy (non-hydrogen) atoms. The topological polar surface area (TPSA) is 72.2 Å². The molecule has 0 radical (unpaired) electrons. The number of amides is 1. The molecule has 0 saturated heterocycles. The molecule has 0 aliphatic rings. The first-order valence-electron chi connectivity index (χ1n) is 5.98. The summed E-state index contributed by atoms with van der Waals surface area (Å²) in [6.45, 7) is 1.99. The first kappa shape index (κ1) is 14.9. The third-order valence-corrected chi connectivity index (χ3v) is 3.24. The summed E-state index contributed by atoms with van der Waals surface area (Å²) in [5, 5.41) is 2.78. The number of hydrogen-bond donors (Lipinski definition) is 2. The zero-order valence-electron chi connectivity index (χ0n) is 10.8. The van der Waals surface area contributed by atoms with Crippen molar-refractivity contribution in [2.45, 2.75) is 31.6 Å². The van der Waals surface area contributed by atoms with Crippen LogP contribution in [0.3, 0.4) is 0 Å². The number of hydrogen-bond acceptors (Lipinski definition) is 3. The van der Waals surface area contributed by atoms with Gasteiger partial charge in [0.1, 0.15) is 0 Å². The van der Waals surface area contributed by atoms with Crippen LogP contribution < -0.4 is 11.1 Å². The lowest BCUT2D eigenvalue weighted by Crippen LogP contribution is -2.35. The van der Waals surface area contributed by atoms with Crippen LogP contribution in [0.1, 0.15) is 25.3 Å². The van der Waals surface area contributed by atoms with Crippen molar-refractivity contribution in [3.8, 4) is 0 Å². The Morgan fingerprint density at radius 2 is 2.22 bits per heavy atom. The molecule has 2 unspecified atom stereocenters. The van der Waals surface area contributed by atoms with E-state index in [9.17, 15) is 9.00 Å². The summed E-state index contributed by atoms with van der Waals surface area (Å²) in [7, 11) is -0.887. The van der Waals surface area contributed by atoms with Gasteiger partial charge in [-0.15, -0.1) is 0 Å². The predicted molar refractivity (Wildman–Crippen MR) is 75.7 cm³/mol. The molecule has 1 aromatic carbocycles. The highest BCUT2D eigenvalue weighted by Gasteiger charge is 2.12. The number of rotatable bonds is 6. The van der Waals surface area contributed by atoms with E-state index in [0.29, 0.717) is 17.9 Å². The number of anilines is 1. The monoisotopic (exact) mass is 268 g/mol. The quantitative estimate of drug-likeness (QED) is 0.823. The Morgan fingerprint density at radius 3 is 2.83 bits per heavy atom. The molecule has 1 amide bonds. The van der Waals surface area contributed by atoms with Crippen LogP contribution in [-0.4, -0.2) is 22.4 Å². The molecule has 4 nitrogen and oxygen atoms in total. The third-order valence-electron chi connectivity index (χ3n) is 2.50. The van der Waals surface area contributed by atoms with Gasteiger partial charge in [0.25, 0.3) is 0 Å². The van der Waals surface area contributed by atoms with Crippen LogP contribution in [0.2, 0.25) is 0 Å². The first-order chi connectivity index (χ1) is 8.52. The number of benzene rings is 1. The van der Waals surface area contributed by atoms with Crippen molar-refractivity contribution in [3.63, 3.8) is 0 Å². The van der Waals surface area contributed by atoms with Crippen molar-refractivity contribution in [2.24, 2.45) is 5.73 Å². The summed E-state index contributed by atoms with van der Waals surface area (Å²) in [6.07, 6.45) is 3.20. The minimum atomic E-state index is -0.887. The standard InChI is InChI=1S/C13H20N2O2S/c1-3-5-12(14)13(16)15-11-7-4-6-10(8-11)9-18(2)17/h4,6-8,12H,3,5,9,14H2,1-2H3,(H,15,16). The lowest BCUT2D eigenvalue weighted by Gasteiger charge is -2.11. The van der Waals surface area contributed by atoms with E-state index in [1.807, 2.05) is 25.1 Å². The number of carbonyl (C=O) groups is 1. The molecule has 5 heteroatoms. The molecule has 0 saturated carbocycles. The van der Waals surface area contributed by atoms with E-state index in [0.717, 1.165) is 12.0 Å². The average molecular weight is 268 g/mol. The highest BCUT2D eigenvalue weighted by atomic mass is 32.2. The Morgan fingerprint density at radius 1 is 1.50 bits per heavy atom. The van der Waals surface area contributed by atoms with E-state index in [-0.39, 0.29) is 5.91 Å². The molecule has 0 fully saturated rings. The van der Waals surface area contributed by atoms with Crippen LogP contribution in [0.25, 0.3) is 0 Å². The van der Waals surface area contributed by atoms with Gasteiger partial charge in [0.2, 0.25) is 5.91 Å². The van der Waals surface area contributed by atoms with Gasteiger partial charge in [0.15, 0.2) is 0 Å². The molecule has 0 aliphatic carbocycles. The number of nitrogens with one attached hydrogen (secondary N) is 1. The van der Waals surface area contributed by atoms with Crippen molar-refractivity contribution in [1.82, 2.24) is 0 Å². The fourth-order valence-corrected chi connectivity index (χ4v) is 2.30. The van der Waals surface area contributed by atoms with Crippen LogP contribution in [0, 0.1) is 0 Å². The van der Waals surface area contributed by atoms with Gasteiger partial charge in [-0.25, -0.2) is 0 Å². The summed E-state index contributed by atoms with van der Waals surface area (Å²) < 4.78 is 11.1. The SMILES string of the molecule is CCCC(N)C(=O)Nc1cccc(CS(C)=O)c1. The van der Waals surface area contributed by atoms with Crippen LogP contribution in [0.5, 0.6) is 0 Å². The number of carbonyl (C=O) groups excluding carboxylic acids is 1. The smallest absolute Gasteiger partial charge is 0.241 e. The van der Waals surface area contributed by atoms with Crippen LogP contribution in [0.4, 0.5) is 5.69 Å². The lowest BCUT2D eigenvalue weighted by atomic mass is 10.1. The second kappa shape index (κ2) is 7.28. The number of nitrogens with two attached hydrogens (primary N) is 1. The van der Waals surface area contributed by atoms with Gasteiger partial charge in [-0.2, -0.15) is 0 Å². The van der Waals surface area contributed by atoms with Gasteiger partial charge in [-0.3, -0.25) is 9.00 Å². The van der Waals surface area contributed by atoms with E-state index < -0.39 is 16.8 Å². The maximum atomic E-state index is 11.7. The highest BCUT2D eigenvalue weighted by Crippen LogP contribution is 2.12. The molecule has 0 spiro atoms. The van der Waals surface area contributed by atoms with Gasteiger partial charge in [0, 0.05) is 28.5 Å². The van der Waals surface area contributed by atoms with Crippen molar-refractivity contribution < 1.29 is 9.00 Å². The molecule has 0 bridgehead atoms. The van der Waals surface area contributed by atoms with E-state index in [1.54, 1.807) is 12.3 Å². The molecule has 0 aromatic heterocycles. The summed E-state index contributed by atoms with van der Waals surface area (Å²) in [4.78, 5) is 11.7. The lowest BCUT2D eigenvalue weighted by molar-refractivity contribution is -0.117. The Balaban J connectivity index is 2.67. The minimum absolute atomic E-state index is 0.174. The second-order valence-corrected chi connectivity index (χ2v) is 5.74. The maximum Gasteiger partial charge on any atom is 0.241 e. The van der Waals surface area contributed by atoms with E-state index in [2.05, 4.69) is 5.32 Å². The van der Waals surface area contributed by atoms with Crippen molar-refractivity contribution >= 4 is 22.4 Å². The van der Waals surface area contributed by atoms with Crippen LogP contribution in [0.15, 0.2) is 24.3 Å². The molecule has 0 heterocycles. The summed E-state index contributed by atoms with van der Waals surface area (Å²) in [6, 6.07) is 6.89. The molecule has 1 rings (SSSR count). The Kier molecular flexibility index (Phi) is 6.01. The highest BCUT2D eigenvalue weighted by molar-refractivity contribution is 7.83. The van der Waals surface area contributed by atoms with E-state index in [1.165, 1.54) is 0 Å². The molecule has 0 aliphatic heterocycles.